The summed E-state index contributed by atoms with van der Waals surface area (Å²) >= 11 is 5.81. The predicted octanol–water partition coefficient (Wildman–Crippen LogP) is 2.43. The zero-order valence-electron chi connectivity index (χ0n) is 9.41. The predicted molar refractivity (Wildman–Crippen MR) is 62.9 cm³/mol. The summed E-state index contributed by atoms with van der Waals surface area (Å²) in [6.45, 7) is 2.28. The molecule has 4 heteroatoms. The zero-order chi connectivity index (χ0) is 11.4. The van der Waals surface area contributed by atoms with Gasteiger partial charge < -0.3 is 9.47 Å². The molecule has 2 rings (SSSR count). The molecule has 0 spiro atoms. The average Bonchev–Trinajstić information content (AvgIpc) is 2.31. The van der Waals surface area contributed by atoms with Crippen molar-refractivity contribution in [2.24, 2.45) is 0 Å². The van der Waals surface area contributed by atoms with Crippen LogP contribution in [0.4, 0.5) is 0 Å². The molecule has 3 nitrogen and oxygen atoms in total. The maximum Gasteiger partial charge on any atom is 0.129 e. The Hall–Kier alpha value is -0.640. The van der Waals surface area contributed by atoms with E-state index >= 15 is 0 Å². The van der Waals surface area contributed by atoms with Crippen LogP contribution in [0.25, 0.3) is 0 Å². The highest BCUT2D eigenvalue weighted by Crippen LogP contribution is 2.34. The van der Waals surface area contributed by atoms with Crippen LogP contribution in [-0.4, -0.2) is 31.9 Å². The summed E-state index contributed by atoms with van der Waals surface area (Å²) in [5.74, 6) is 0. The van der Waals surface area contributed by atoms with Crippen LogP contribution >= 0.6 is 11.6 Å². The Bertz CT molecular complexity index is 328. The Morgan fingerprint density at radius 1 is 1.44 bits per heavy atom. The normalized spacial score (nSPS) is 19.6. The van der Waals surface area contributed by atoms with E-state index in [-0.39, 0.29) is 5.41 Å². The number of aromatic nitrogens is 1. The Morgan fingerprint density at radius 3 is 2.75 bits per heavy atom. The zero-order valence-corrected chi connectivity index (χ0v) is 10.2. The van der Waals surface area contributed by atoms with Gasteiger partial charge in [-0.05, 0) is 24.5 Å². The summed E-state index contributed by atoms with van der Waals surface area (Å²) in [6.07, 6.45) is 3.81. The summed E-state index contributed by atoms with van der Waals surface area (Å²) in [4.78, 5) is 4.15. The molecule has 0 aliphatic carbocycles. The first-order valence-corrected chi connectivity index (χ1v) is 5.83. The molecule has 1 saturated heterocycles. The SMILES string of the molecule is COCC1(c2ccc(Cl)nc2)CCOCC1. The van der Waals surface area contributed by atoms with Crippen LogP contribution in [0.2, 0.25) is 5.15 Å². The summed E-state index contributed by atoms with van der Waals surface area (Å²) < 4.78 is 10.8. The van der Waals surface area contributed by atoms with Gasteiger partial charge in [-0.1, -0.05) is 17.7 Å². The van der Waals surface area contributed by atoms with Crippen LogP contribution in [0.5, 0.6) is 0 Å². The van der Waals surface area contributed by atoms with Crippen molar-refractivity contribution in [3.05, 3.63) is 29.0 Å². The molecule has 0 bridgehead atoms. The maximum atomic E-state index is 5.81. The molecule has 1 aliphatic heterocycles. The fraction of sp³-hybridized carbons (Fsp3) is 0.583. The van der Waals surface area contributed by atoms with Gasteiger partial charge in [-0.15, -0.1) is 0 Å². The fourth-order valence-electron chi connectivity index (χ4n) is 2.24. The molecule has 16 heavy (non-hydrogen) atoms. The molecule has 0 unspecified atom stereocenters. The highest BCUT2D eigenvalue weighted by Gasteiger charge is 2.34. The lowest BCUT2D eigenvalue weighted by atomic mass is 9.75. The molecule has 1 aromatic heterocycles. The highest BCUT2D eigenvalue weighted by atomic mass is 35.5. The lowest BCUT2D eigenvalue weighted by molar-refractivity contribution is 0.0135. The summed E-state index contributed by atoms with van der Waals surface area (Å²) in [6, 6.07) is 3.88. The van der Waals surface area contributed by atoms with Crippen LogP contribution < -0.4 is 0 Å². The minimum absolute atomic E-state index is 0.0462. The van der Waals surface area contributed by atoms with Gasteiger partial charge in [0.1, 0.15) is 5.15 Å². The number of hydrogen-bond acceptors (Lipinski definition) is 3. The lowest BCUT2D eigenvalue weighted by Crippen LogP contribution is -2.38. The van der Waals surface area contributed by atoms with Crippen molar-refractivity contribution in [1.82, 2.24) is 4.98 Å². The fourth-order valence-corrected chi connectivity index (χ4v) is 2.36. The van der Waals surface area contributed by atoms with E-state index in [4.69, 9.17) is 21.1 Å². The van der Waals surface area contributed by atoms with Gasteiger partial charge in [-0.3, -0.25) is 0 Å². The smallest absolute Gasteiger partial charge is 0.129 e. The van der Waals surface area contributed by atoms with Crippen molar-refractivity contribution in [3.8, 4) is 0 Å². The number of halogens is 1. The molecule has 1 fully saturated rings. The number of nitrogens with zero attached hydrogens (tertiary/aromatic N) is 1. The van der Waals surface area contributed by atoms with Gasteiger partial charge in [0.15, 0.2) is 0 Å². The summed E-state index contributed by atoms with van der Waals surface area (Å²) in [5, 5.41) is 0.531. The second-order valence-corrected chi connectivity index (χ2v) is 4.58. The van der Waals surface area contributed by atoms with Gasteiger partial charge in [-0.2, -0.15) is 0 Å². The van der Waals surface area contributed by atoms with Gasteiger partial charge >= 0.3 is 0 Å². The van der Waals surface area contributed by atoms with Crippen LogP contribution in [0.3, 0.4) is 0 Å². The second kappa shape index (κ2) is 5.13. The van der Waals surface area contributed by atoms with E-state index in [1.165, 1.54) is 5.56 Å². The standard InChI is InChI=1S/C12H16ClNO2/c1-15-9-12(4-6-16-7-5-12)10-2-3-11(13)14-8-10/h2-3,8H,4-7,9H2,1H3. The molecule has 0 radical (unpaired) electrons. The molecule has 0 amide bonds. The Morgan fingerprint density at radius 2 is 2.19 bits per heavy atom. The van der Waals surface area contributed by atoms with Gasteiger partial charge in [0.2, 0.25) is 0 Å². The van der Waals surface area contributed by atoms with Crippen molar-refractivity contribution in [3.63, 3.8) is 0 Å². The average molecular weight is 242 g/mol. The van der Waals surface area contributed by atoms with Crippen LogP contribution in [0.1, 0.15) is 18.4 Å². The Kier molecular flexibility index (Phi) is 3.79. The molecular formula is C12H16ClNO2. The number of ether oxygens (including phenoxy) is 2. The number of hydrogen-bond donors (Lipinski definition) is 0. The minimum Gasteiger partial charge on any atom is -0.384 e. The maximum absolute atomic E-state index is 5.81. The third-order valence-electron chi connectivity index (χ3n) is 3.21. The van der Waals surface area contributed by atoms with Crippen molar-refractivity contribution in [2.75, 3.05) is 26.9 Å². The largest absolute Gasteiger partial charge is 0.384 e. The first kappa shape index (κ1) is 11.8. The topological polar surface area (TPSA) is 31.4 Å². The van der Waals surface area contributed by atoms with E-state index in [0.717, 1.165) is 26.1 Å². The van der Waals surface area contributed by atoms with E-state index in [1.807, 2.05) is 18.3 Å². The van der Waals surface area contributed by atoms with Crippen molar-refractivity contribution >= 4 is 11.6 Å². The molecule has 0 saturated carbocycles. The molecule has 1 aliphatic rings. The van der Waals surface area contributed by atoms with Crippen LogP contribution in [-0.2, 0) is 14.9 Å². The molecule has 1 aromatic rings. The molecule has 0 aromatic carbocycles. The lowest BCUT2D eigenvalue weighted by Gasteiger charge is -2.36. The first-order chi connectivity index (χ1) is 7.77. The van der Waals surface area contributed by atoms with Gasteiger partial charge in [0.25, 0.3) is 0 Å². The van der Waals surface area contributed by atoms with E-state index in [9.17, 15) is 0 Å². The Balaban J connectivity index is 2.26. The first-order valence-electron chi connectivity index (χ1n) is 5.46. The van der Waals surface area contributed by atoms with E-state index in [2.05, 4.69) is 4.98 Å². The third-order valence-corrected chi connectivity index (χ3v) is 3.43. The molecule has 0 N–H and O–H groups in total. The van der Waals surface area contributed by atoms with E-state index in [1.54, 1.807) is 7.11 Å². The minimum atomic E-state index is 0.0462. The molecule has 88 valence electrons. The second-order valence-electron chi connectivity index (χ2n) is 4.20. The number of rotatable bonds is 3. The van der Waals surface area contributed by atoms with Gasteiger partial charge in [0, 0.05) is 31.9 Å². The van der Waals surface area contributed by atoms with Crippen LogP contribution in [0.15, 0.2) is 18.3 Å². The number of methoxy groups -OCH3 is 1. The van der Waals surface area contributed by atoms with Crippen molar-refractivity contribution < 1.29 is 9.47 Å². The highest BCUT2D eigenvalue weighted by molar-refractivity contribution is 6.29. The van der Waals surface area contributed by atoms with Crippen LogP contribution in [0, 0.1) is 0 Å². The monoisotopic (exact) mass is 241 g/mol. The van der Waals surface area contributed by atoms with E-state index < -0.39 is 0 Å². The molecular weight excluding hydrogens is 226 g/mol. The van der Waals surface area contributed by atoms with Gasteiger partial charge in [0.05, 0.1) is 6.61 Å². The Labute approximate surface area is 101 Å². The quantitative estimate of drug-likeness (QED) is 0.762. The summed E-state index contributed by atoms with van der Waals surface area (Å²) in [7, 11) is 1.74. The van der Waals surface area contributed by atoms with Crippen molar-refractivity contribution in [1.29, 1.82) is 0 Å². The van der Waals surface area contributed by atoms with Gasteiger partial charge in [-0.25, -0.2) is 4.98 Å². The summed E-state index contributed by atoms with van der Waals surface area (Å²) in [5.41, 5.74) is 1.24. The van der Waals surface area contributed by atoms with Crippen molar-refractivity contribution in [2.45, 2.75) is 18.3 Å². The number of pyridine rings is 1. The van der Waals surface area contributed by atoms with E-state index in [0.29, 0.717) is 11.8 Å². The molecule has 0 atom stereocenters. The third kappa shape index (κ3) is 2.37. The molecule has 2 heterocycles.